The third-order valence-corrected chi connectivity index (χ3v) is 14.7. The van der Waals surface area contributed by atoms with E-state index >= 15 is 0 Å². The minimum absolute atomic E-state index is 1.25. The Morgan fingerprint density at radius 3 is 1.54 bits per heavy atom. The highest BCUT2D eigenvalue weighted by Gasteiger charge is 2.25. The molecule has 0 aliphatic heterocycles. The molecule has 0 N–H and O–H groups in total. The minimum atomic E-state index is 1.25. The zero-order valence-electron chi connectivity index (χ0n) is 22.4. The van der Waals surface area contributed by atoms with Crippen LogP contribution in [0, 0.1) is 20.8 Å². The van der Waals surface area contributed by atoms with Crippen molar-refractivity contribution in [3.05, 3.63) is 89.5 Å². The Hall–Kier alpha value is -3.26. The number of rotatable bonds is 1. The summed E-state index contributed by atoms with van der Waals surface area (Å²) in [6.45, 7) is 6.55. The number of aromatic nitrogens is 1. The van der Waals surface area contributed by atoms with Gasteiger partial charge in [0.2, 0.25) is 0 Å². The third kappa shape index (κ3) is 3.04. The van der Waals surface area contributed by atoms with Gasteiger partial charge in [-0.05, 0) is 68.3 Å². The molecule has 6 heterocycles. The van der Waals surface area contributed by atoms with Gasteiger partial charge in [-0.3, -0.25) is 0 Å². The lowest BCUT2D eigenvalue weighted by Gasteiger charge is -2.08. The van der Waals surface area contributed by atoms with Crippen molar-refractivity contribution in [1.29, 1.82) is 0 Å². The van der Waals surface area contributed by atoms with E-state index in [1.165, 1.54) is 102 Å². The quantitative estimate of drug-likeness (QED) is 0.173. The minimum Gasteiger partial charge on any atom is -0.305 e. The van der Waals surface area contributed by atoms with Crippen LogP contribution in [0.2, 0.25) is 0 Å². The van der Waals surface area contributed by atoms with Crippen LogP contribution in [0.3, 0.4) is 0 Å². The van der Waals surface area contributed by atoms with Crippen LogP contribution >= 0.6 is 56.7 Å². The molecule has 0 bridgehead atoms. The average Bonchev–Trinajstić information content (AvgIpc) is 3.76. The first kappa shape index (κ1) is 23.3. The van der Waals surface area contributed by atoms with Crippen molar-refractivity contribution in [3.63, 3.8) is 0 Å². The maximum Gasteiger partial charge on any atom is 0.0838 e. The van der Waals surface area contributed by atoms with Crippen LogP contribution in [0.5, 0.6) is 0 Å². The lowest BCUT2D eigenvalue weighted by molar-refractivity contribution is 1.19. The van der Waals surface area contributed by atoms with Gasteiger partial charge in [-0.25, -0.2) is 0 Å². The van der Waals surface area contributed by atoms with E-state index in [2.05, 4.69) is 98.1 Å². The average molecular weight is 616 g/mol. The van der Waals surface area contributed by atoms with Crippen LogP contribution in [-0.4, -0.2) is 4.57 Å². The fourth-order valence-electron chi connectivity index (χ4n) is 6.43. The molecule has 10 rings (SSSR count). The molecule has 0 saturated heterocycles. The van der Waals surface area contributed by atoms with Gasteiger partial charge in [0.1, 0.15) is 0 Å². The summed E-state index contributed by atoms with van der Waals surface area (Å²) in [7, 11) is 0. The molecule has 0 aliphatic carbocycles. The fraction of sp³-hybridized carbons (Fsp3) is 0.0857. The summed E-state index contributed by atoms with van der Waals surface area (Å²) in [6.07, 6.45) is 0. The van der Waals surface area contributed by atoms with E-state index in [9.17, 15) is 0 Å². The lowest BCUT2D eigenvalue weighted by atomic mass is 10.1. The standard InChI is InChI=1S/C35H21NS5/c1-16-4-8-19(9-5-16)36-28-20-10-6-17(2)12-24(20)39-33(28)35-29(36)34-32(41-35)23-15-26-22(14-27(23)40-34)31-30(38-26)21-11-7-18(3)13-25(21)37-31/h4-15H,1-3H3. The molecule has 10 aromatic rings. The van der Waals surface area contributed by atoms with Gasteiger partial charge in [0, 0.05) is 46.0 Å². The number of benzene rings is 4. The molecular weight excluding hydrogens is 595 g/mol. The normalized spacial score (nSPS) is 12.8. The Balaban J connectivity index is 1.33. The Morgan fingerprint density at radius 2 is 0.854 bits per heavy atom. The van der Waals surface area contributed by atoms with Gasteiger partial charge in [0.25, 0.3) is 0 Å². The Labute approximate surface area is 255 Å². The zero-order valence-corrected chi connectivity index (χ0v) is 26.5. The van der Waals surface area contributed by atoms with E-state index in [1.807, 2.05) is 56.7 Å². The molecule has 0 radical (unpaired) electrons. The maximum absolute atomic E-state index is 2.56. The van der Waals surface area contributed by atoms with Crippen molar-refractivity contribution in [2.45, 2.75) is 20.8 Å². The van der Waals surface area contributed by atoms with Crippen LogP contribution in [0.4, 0.5) is 0 Å². The summed E-state index contributed by atoms with van der Waals surface area (Å²) < 4.78 is 16.7. The number of thiophene rings is 5. The number of hydrogen-bond donors (Lipinski definition) is 0. The number of hydrogen-bond acceptors (Lipinski definition) is 5. The molecule has 4 aromatic carbocycles. The second-order valence-corrected chi connectivity index (χ2v) is 16.4. The smallest absolute Gasteiger partial charge is 0.0838 e. The first-order chi connectivity index (χ1) is 20.0. The highest BCUT2D eigenvalue weighted by Crippen LogP contribution is 2.53. The van der Waals surface area contributed by atoms with Crippen molar-refractivity contribution in [3.8, 4) is 5.69 Å². The third-order valence-electron chi connectivity index (χ3n) is 8.40. The first-order valence-corrected chi connectivity index (χ1v) is 17.7. The molecule has 0 spiro atoms. The van der Waals surface area contributed by atoms with Crippen LogP contribution in [0.15, 0.2) is 72.8 Å². The van der Waals surface area contributed by atoms with Crippen molar-refractivity contribution in [1.82, 2.24) is 4.57 Å². The van der Waals surface area contributed by atoms with Crippen molar-refractivity contribution >= 4 is 136 Å². The Kier molecular flexibility index (Phi) is 4.53. The van der Waals surface area contributed by atoms with Crippen LogP contribution in [0.1, 0.15) is 16.7 Å². The van der Waals surface area contributed by atoms with Crippen molar-refractivity contribution in [2.75, 3.05) is 0 Å². The maximum atomic E-state index is 2.56. The predicted molar refractivity (Wildman–Crippen MR) is 189 cm³/mol. The molecule has 0 amide bonds. The number of aryl methyl sites for hydroxylation is 3. The van der Waals surface area contributed by atoms with Crippen LogP contribution in [-0.2, 0) is 0 Å². The highest BCUT2D eigenvalue weighted by atomic mass is 32.1. The number of fused-ring (bicyclic) bond motifs is 14. The van der Waals surface area contributed by atoms with Crippen molar-refractivity contribution < 1.29 is 0 Å². The monoisotopic (exact) mass is 615 g/mol. The van der Waals surface area contributed by atoms with E-state index in [4.69, 9.17) is 0 Å². The summed E-state index contributed by atoms with van der Waals surface area (Å²) >= 11 is 9.84. The van der Waals surface area contributed by atoms with Crippen LogP contribution in [0.25, 0.3) is 85.3 Å². The van der Waals surface area contributed by atoms with E-state index in [0.29, 0.717) is 0 Å². The van der Waals surface area contributed by atoms with Gasteiger partial charge < -0.3 is 4.57 Å². The second kappa shape index (κ2) is 7.97. The molecule has 196 valence electrons. The summed E-state index contributed by atoms with van der Waals surface area (Å²) in [5, 5.41) is 5.59. The molecule has 6 heteroatoms. The Morgan fingerprint density at radius 1 is 0.390 bits per heavy atom. The molecular formula is C35H21NS5. The van der Waals surface area contributed by atoms with Crippen LogP contribution < -0.4 is 0 Å². The van der Waals surface area contributed by atoms with Gasteiger partial charge >= 0.3 is 0 Å². The molecule has 6 aromatic heterocycles. The van der Waals surface area contributed by atoms with Crippen molar-refractivity contribution in [2.24, 2.45) is 0 Å². The summed E-state index contributed by atoms with van der Waals surface area (Å²) in [6, 6.07) is 27.9. The summed E-state index contributed by atoms with van der Waals surface area (Å²) in [5.74, 6) is 0. The van der Waals surface area contributed by atoms with E-state index in [-0.39, 0.29) is 0 Å². The molecule has 41 heavy (non-hydrogen) atoms. The van der Waals surface area contributed by atoms with E-state index in [0.717, 1.165) is 0 Å². The van der Waals surface area contributed by atoms with E-state index < -0.39 is 0 Å². The van der Waals surface area contributed by atoms with Gasteiger partial charge in [0.15, 0.2) is 0 Å². The van der Waals surface area contributed by atoms with Gasteiger partial charge in [0.05, 0.1) is 39.2 Å². The largest absolute Gasteiger partial charge is 0.305 e. The zero-order chi connectivity index (χ0) is 27.1. The van der Waals surface area contributed by atoms with E-state index in [1.54, 1.807) is 0 Å². The summed E-state index contributed by atoms with van der Waals surface area (Å²) in [5.41, 5.74) is 7.93. The van der Waals surface area contributed by atoms with Gasteiger partial charge in [-0.2, -0.15) is 0 Å². The predicted octanol–water partition coefficient (Wildman–Crippen LogP) is 12.9. The fourth-order valence-corrected chi connectivity index (χ4v) is 13.4. The first-order valence-electron chi connectivity index (χ1n) is 13.7. The summed E-state index contributed by atoms with van der Waals surface area (Å²) in [4.78, 5) is 0. The SMILES string of the molecule is Cc1ccc(-n2c3c4ccc(C)cc4sc3c3sc4c5cc6sc7c8ccc(C)cc8sc7c6cc5sc4c32)cc1. The molecule has 0 atom stereocenters. The second-order valence-electron chi connectivity index (χ2n) is 11.2. The topological polar surface area (TPSA) is 4.93 Å². The van der Waals surface area contributed by atoms with Gasteiger partial charge in [-0.1, -0.05) is 42.0 Å². The molecule has 1 nitrogen and oxygen atoms in total. The number of nitrogens with zero attached hydrogens (tertiary/aromatic N) is 1. The lowest BCUT2D eigenvalue weighted by Crippen LogP contribution is -1.93. The molecule has 0 saturated carbocycles. The molecule has 0 aliphatic rings. The molecule has 0 fully saturated rings. The highest BCUT2D eigenvalue weighted by molar-refractivity contribution is 7.40. The Bertz CT molecular complexity index is 2710. The molecule has 0 unspecified atom stereocenters. The van der Waals surface area contributed by atoms with Gasteiger partial charge in [-0.15, -0.1) is 56.7 Å².